The van der Waals surface area contributed by atoms with Crippen LogP contribution in [0.5, 0.6) is 0 Å². The smallest absolute Gasteiger partial charge is 0.210 e. The van der Waals surface area contributed by atoms with Gasteiger partial charge in [-0.05, 0) is 55.0 Å². The van der Waals surface area contributed by atoms with Crippen LogP contribution in [0.3, 0.4) is 0 Å². The Labute approximate surface area is 199 Å². The normalized spacial score (nSPS) is 14.5. The van der Waals surface area contributed by atoms with Gasteiger partial charge in [-0.3, -0.25) is 4.79 Å². The molecule has 1 aromatic heterocycles. The number of likely N-dealkylation sites (N-methyl/N-ethyl adjacent to an activating group) is 1. The van der Waals surface area contributed by atoms with Crippen molar-refractivity contribution < 1.29 is 9.18 Å². The highest BCUT2D eigenvalue weighted by atomic mass is 35.5. The Bertz CT molecular complexity index is 1200. The number of piperidine rings is 1. The van der Waals surface area contributed by atoms with E-state index in [4.69, 9.17) is 11.6 Å². The van der Waals surface area contributed by atoms with Gasteiger partial charge in [-0.25, -0.2) is 4.39 Å². The zero-order chi connectivity index (χ0) is 23.7. The van der Waals surface area contributed by atoms with Gasteiger partial charge in [-0.1, -0.05) is 36.9 Å². The first-order valence-electron chi connectivity index (χ1n) is 11.1. The van der Waals surface area contributed by atoms with Crippen LogP contribution in [-0.2, 0) is 6.42 Å². The molecule has 2 heterocycles. The summed E-state index contributed by atoms with van der Waals surface area (Å²) in [7, 11) is 3.61. The number of ketones is 1. The molecule has 0 unspecified atom stereocenters. The predicted octanol–water partition coefficient (Wildman–Crippen LogP) is 6.14. The SMILES string of the molecule is C=C(C(=O)c1c[nH]c2cc(Cl)c(C(=C)N3CCC(Cc4ccc(F)cc4)CC3)cc12)N(C)C. The number of nitrogens with zero attached hydrogens (tertiary/aromatic N) is 2. The summed E-state index contributed by atoms with van der Waals surface area (Å²) in [6.45, 7) is 10.0. The Morgan fingerprint density at radius 3 is 2.45 bits per heavy atom. The topological polar surface area (TPSA) is 39.3 Å². The lowest BCUT2D eigenvalue weighted by Crippen LogP contribution is -2.33. The van der Waals surface area contributed by atoms with Crippen LogP contribution in [0.4, 0.5) is 4.39 Å². The number of fused-ring (bicyclic) bond motifs is 1. The third kappa shape index (κ3) is 4.83. The van der Waals surface area contributed by atoms with Crippen molar-refractivity contribution in [2.75, 3.05) is 27.2 Å². The third-order valence-electron chi connectivity index (χ3n) is 6.56. The third-order valence-corrected chi connectivity index (χ3v) is 6.87. The maximum absolute atomic E-state index is 13.2. The number of allylic oxidation sites excluding steroid dienone is 1. The second-order valence-corrected chi connectivity index (χ2v) is 9.37. The molecule has 1 aliphatic heterocycles. The van der Waals surface area contributed by atoms with Crippen molar-refractivity contribution in [1.29, 1.82) is 0 Å². The summed E-state index contributed by atoms with van der Waals surface area (Å²) in [4.78, 5) is 20.0. The maximum atomic E-state index is 13.2. The Kier molecular flexibility index (Phi) is 6.61. The number of nitrogens with one attached hydrogen (secondary N) is 1. The fourth-order valence-corrected chi connectivity index (χ4v) is 4.71. The summed E-state index contributed by atoms with van der Waals surface area (Å²) in [6, 6.07) is 10.6. The zero-order valence-electron chi connectivity index (χ0n) is 19.1. The fourth-order valence-electron chi connectivity index (χ4n) is 4.44. The van der Waals surface area contributed by atoms with Crippen LogP contribution < -0.4 is 0 Å². The Hall–Kier alpha value is -3.05. The molecule has 0 saturated carbocycles. The molecule has 1 aliphatic rings. The number of Topliss-reactive ketones (excluding diaryl/α,β-unsaturated/α-hetero) is 1. The van der Waals surface area contributed by atoms with Crippen molar-refractivity contribution in [3.63, 3.8) is 0 Å². The Balaban J connectivity index is 1.49. The van der Waals surface area contributed by atoms with Gasteiger partial charge in [0.05, 0.1) is 10.7 Å². The number of aromatic amines is 1. The average Bonchev–Trinajstić information content (AvgIpc) is 3.21. The monoisotopic (exact) mass is 465 g/mol. The summed E-state index contributed by atoms with van der Waals surface area (Å²) in [5, 5.41) is 1.42. The maximum Gasteiger partial charge on any atom is 0.210 e. The number of rotatable bonds is 7. The van der Waals surface area contributed by atoms with E-state index >= 15 is 0 Å². The molecule has 172 valence electrons. The largest absolute Gasteiger partial charge is 0.375 e. The first-order chi connectivity index (χ1) is 15.7. The summed E-state index contributed by atoms with van der Waals surface area (Å²) >= 11 is 6.62. The molecule has 33 heavy (non-hydrogen) atoms. The van der Waals surface area contributed by atoms with E-state index in [0.717, 1.165) is 54.5 Å². The molecular formula is C27H29ClFN3O. The van der Waals surface area contributed by atoms with E-state index in [-0.39, 0.29) is 11.6 Å². The molecule has 6 heteroatoms. The van der Waals surface area contributed by atoms with E-state index in [0.29, 0.717) is 22.2 Å². The first kappa shape index (κ1) is 23.1. The van der Waals surface area contributed by atoms with E-state index in [1.54, 1.807) is 25.2 Å². The Morgan fingerprint density at radius 2 is 1.82 bits per heavy atom. The van der Waals surface area contributed by atoms with Gasteiger partial charge in [0, 0.05) is 61.1 Å². The van der Waals surface area contributed by atoms with Crippen molar-refractivity contribution in [3.8, 4) is 0 Å². The van der Waals surface area contributed by atoms with Crippen LogP contribution in [0.15, 0.2) is 61.4 Å². The molecule has 4 rings (SSSR count). The van der Waals surface area contributed by atoms with Crippen molar-refractivity contribution in [2.24, 2.45) is 5.92 Å². The lowest BCUT2D eigenvalue weighted by atomic mass is 9.89. The van der Waals surface area contributed by atoms with Gasteiger partial charge in [0.25, 0.3) is 0 Å². The van der Waals surface area contributed by atoms with E-state index in [2.05, 4.69) is 23.0 Å². The number of aromatic nitrogens is 1. The lowest BCUT2D eigenvalue weighted by molar-refractivity contribution is 0.101. The van der Waals surface area contributed by atoms with Gasteiger partial charge in [-0.2, -0.15) is 0 Å². The minimum absolute atomic E-state index is 0.119. The summed E-state index contributed by atoms with van der Waals surface area (Å²) in [5.74, 6) is 0.243. The second-order valence-electron chi connectivity index (χ2n) is 8.96. The lowest BCUT2D eigenvalue weighted by Gasteiger charge is -2.35. The van der Waals surface area contributed by atoms with E-state index in [9.17, 15) is 9.18 Å². The van der Waals surface area contributed by atoms with Crippen molar-refractivity contribution in [1.82, 2.24) is 14.8 Å². The highest BCUT2D eigenvalue weighted by Gasteiger charge is 2.23. The number of carbonyl (C=O) groups excluding carboxylic acids is 1. The molecule has 1 fully saturated rings. The fraction of sp³-hybridized carbons (Fsp3) is 0.296. The average molecular weight is 466 g/mol. The van der Waals surface area contributed by atoms with E-state index < -0.39 is 0 Å². The first-order valence-corrected chi connectivity index (χ1v) is 11.5. The highest BCUT2D eigenvalue weighted by molar-refractivity contribution is 6.33. The molecule has 0 bridgehead atoms. The van der Waals surface area contributed by atoms with Crippen LogP contribution in [-0.4, -0.2) is 47.8 Å². The summed E-state index contributed by atoms with van der Waals surface area (Å²) in [6.07, 6.45) is 4.74. The molecule has 4 nitrogen and oxygen atoms in total. The molecule has 1 saturated heterocycles. The van der Waals surface area contributed by atoms with E-state index in [1.165, 1.54) is 17.7 Å². The molecule has 0 radical (unpaired) electrons. The minimum atomic E-state index is -0.197. The predicted molar refractivity (Wildman–Crippen MR) is 134 cm³/mol. The molecule has 0 amide bonds. The zero-order valence-corrected chi connectivity index (χ0v) is 19.9. The number of halogens is 2. The molecule has 2 aromatic carbocycles. The molecule has 1 N–H and O–H groups in total. The summed E-state index contributed by atoms with van der Waals surface area (Å²) in [5.41, 5.74) is 4.69. The number of hydrogen-bond acceptors (Lipinski definition) is 3. The number of H-pyrrole nitrogens is 1. The van der Waals surface area contributed by atoms with Crippen molar-refractivity contribution in [2.45, 2.75) is 19.3 Å². The van der Waals surface area contributed by atoms with Gasteiger partial charge in [-0.15, -0.1) is 0 Å². The quantitative estimate of drug-likeness (QED) is 0.336. The van der Waals surface area contributed by atoms with Gasteiger partial charge in [0.15, 0.2) is 0 Å². The van der Waals surface area contributed by atoms with Gasteiger partial charge in [0.2, 0.25) is 5.78 Å². The molecule has 0 aliphatic carbocycles. The second kappa shape index (κ2) is 9.44. The molecular weight excluding hydrogens is 437 g/mol. The van der Waals surface area contributed by atoms with Crippen LogP contribution in [0.25, 0.3) is 16.6 Å². The van der Waals surface area contributed by atoms with E-state index in [1.807, 2.05) is 24.3 Å². The molecule has 3 aromatic rings. The van der Waals surface area contributed by atoms with Crippen LogP contribution in [0.2, 0.25) is 5.02 Å². The number of carbonyl (C=O) groups is 1. The highest BCUT2D eigenvalue weighted by Crippen LogP contribution is 2.34. The van der Waals surface area contributed by atoms with Crippen molar-refractivity contribution >= 4 is 34.0 Å². The standard InChI is InChI=1S/C27H29ClFN3O/c1-17(32-11-9-20(10-12-32)13-19-5-7-21(29)8-6-19)22-14-23-24(27(33)18(2)31(3)4)16-30-26(23)15-25(22)28/h5-8,14-16,20,30H,1-2,9-13H2,3-4H3. The van der Waals surface area contributed by atoms with Crippen LogP contribution in [0, 0.1) is 11.7 Å². The number of hydrogen-bond donors (Lipinski definition) is 1. The molecule has 0 spiro atoms. The van der Waals surface area contributed by atoms with Crippen LogP contribution in [0.1, 0.15) is 34.3 Å². The van der Waals surface area contributed by atoms with Gasteiger partial charge < -0.3 is 14.8 Å². The molecule has 0 atom stereocenters. The minimum Gasteiger partial charge on any atom is -0.375 e. The summed E-state index contributed by atoms with van der Waals surface area (Å²) < 4.78 is 13.2. The van der Waals surface area contributed by atoms with Crippen LogP contribution >= 0.6 is 11.6 Å². The Morgan fingerprint density at radius 1 is 1.15 bits per heavy atom. The van der Waals surface area contributed by atoms with Gasteiger partial charge >= 0.3 is 0 Å². The number of likely N-dealkylation sites (tertiary alicyclic amines) is 1. The van der Waals surface area contributed by atoms with Gasteiger partial charge in [0.1, 0.15) is 5.82 Å². The number of benzene rings is 2. The van der Waals surface area contributed by atoms with Crippen molar-refractivity contribution in [3.05, 3.63) is 89.0 Å².